The van der Waals surface area contributed by atoms with Gasteiger partial charge in [0.1, 0.15) is 5.82 Å². The maximum Gasteiger partial charge on any atom is 0.389 e. The van der Waals surface area contributed by atoms with Gasteiger partial charge in [0.05, 0.1) is 16.4 Å². The Hall–Kier alpha value is -0.940. The molecule has 0 radical (unpaired) electrons. The minimum absolute atomic E-state index is 0.00576. The molecular formula is C13H13Cl2F3N2. The molecule has 1 atom stereocenters. The van der Waals surface area contributed by atoms with Gasteiger partial charge in [0.25, 0.3) is 0 Å². The van der Waals surface area contributed by atoms with E-state index in [0.717, 1.165) is 5.52 Å². The van der Waals surface area contributed by atoms with Crippen molar-refractivity contribution in [2.75, 3.05) is 0 Å². The van der Waals surface area contributed by atoms with Crippen molar-refractivity contribution < 1.29 is 13.2 Å². The number of hydrogen-bond donors (Lipinski definition) is 0. The van der Waals surface area contributed by atoms with E-state index in [4.69, 9.17) is 23.2 Å². The molecule has 0 N–H and O–H groups in total. The summed E-state index contributed by atoms with van der Waals surface area (Å²) in [6, 6.07) is 5.12. The normalized spacial score (nSPS) is 13.9. The van der Waals surface area contributed by atoms with Crippen molar-refractivity contribution in [1.82, 2.24) is 9.55 Å². The molecule has 0 aliphatic heterocycles. The lowest BCUT2D eigenvalue weighted by Gasteiger charge is -2.11. The highest BCUT2D eigenvalue weighted by molar-refractivity contribution is 6.31. The van der Waals surface area contributed by atoms with E-state index < -0.39 is 12.6 Å². The molecule has 1 aromatic carbocycles. The van der Waals surface area contributed by atoms with Gasteiger partial charge in [-0.3, -0.25) is 0 Å². The number of imidazole rings is 1. The van der Waals surface area contributed by atoms with Gasteiger partial charge in [0.2, 0.25) is 0 Å². The van der Waals surface area contributed by atoms with Crippen LogP contribution in [0.5, 0.6) is 0 Å². The Labute approximate surface area is 124 Å². The Bertz CT molecular complexity index is 605. The molecule has 1 heterocycles. The minimum Gasteiger partial charge on any atom is -0.327 e. The molecule has 0 fully saturated rings. The third-order valence-corrected chi connectivity index (χ3v) is 3.37. The zero-order chi connectivity index (χ0) is 14.9. The predicted octanol–water partition coefficient (Wildman–Crippen LogP) is 5.33. The Balaban J connectivity index is 2.32. The molecule has 0 aliphatic carbocycles. The van der Waals surface area contributed by atoms with E-state index in [1.165, 1.54) is 0 Å². The average Bonchev–Trinajstić information content (AvgIpc) is 2.66. The summed E-state index contributed by atoms with van der Waals surface area (Å²) in [4.78, 5) is 4.35. The van der Waals surface area contributed by atoms with Gasteiger partial charge in [-0.1, -0.05) is 11.6 Å². The number of hydrogen-bond acceptors (Lipinski definition) is 1. The van der Waals surface area contributed by atoms with Crippen LogP contribution in [0.4, 0.5) is 13.2 Å². The molecule has 1 unspecified atom stereocenters. The minimum atomic E-state index is -4.15. The molecule has 0 bridgehead atoms. The van der Waals surface area contributed by atoms with Crippen LogP contribution in [0.25, 0.3) is 11.0 Å². The zero-order valence-corrected chi connectivity index (χ0v) is 12.2. The van der Waals surface area contributed by atoms with Crippen LogP contribution in [0.15, 0.2) is 18.2 Å². The molecule has 0 aliphatic rings. The fourth-order valence-electron chi connectivity index (χ4n) is 2.10. The summed E-state index contributed by atoms with van der Waals surface area (Å²) in [6.07, 6.45) is -4.98. The lowest BCUT2D eigenvalue weighted by atomic mass is 10.2. The van der Waals surface area contributed by atoms with Crippen molar-refractivity contribution in [3.63, 3.8) is 0 Å². The van der Waals surface area contributed by atoms with E-state index in [2.05, 4.69) is 4.98 Å². The van der Waals surface area contributed by atoms with Crippen molar-refractivity contribution >= 4 is 34.2 Å². The number of alkyl halides is 4. The van der Waals surface area contributed by atoms with Crippen LogP contribution in [0, 0.1) is 0 Å². The molecule has 2 nitrogen and oxygen atoms in total. The highest BCUT2D eigenvalue weighted by atomic mass is 35.5. The second kappa shape index (κ2) is 5.82. The van der Waals surface area contributed by atoms with Crippen molar-refractivity contribution in [2.45, 2.75) is 37.9 Å². The summed E-state index contributed by atoms with van der Waals surface area (Å²) in [5, 5.41) is 0.151. The Kier molecular flexibility index (Phi) is 4.49. The van der Waals surface area contributed by atoms with Crippen molar-refractivity contribution in [3.05, 3.63) is 29.0 Å². The zero-order valence-electron chi connectivity index (χ0n) is 10.7. The average molecular weight is 325 g/mol. The van der Waals surface area contributed by atoms with Crippen LogP contribution in [0.3, 0.4) is 0 Å². The summed E-state index contributed by atoms with van der Waals surface area (Å²) < 4.78 is 38.5. The second-order valence-electron chi connectivity index (χ2n) is 4.59. The van der Waals surface area contributed by atoms with Gasteiger partial charge >= 0.3 is 6.18 Å². The maximum absolute atomic E-state index is 12.2. The van der Waals surface area contributed by atoms with Gasteiger partial charge in [0, 0.05) is 18.0 Å². The lowest BCUT2D eigenvalue weighted by Crippen LogP contribution is -2.11. The van der Waals surface area contributed by atoms with Crippen molar-refractivity contribution in [2.24, 2.45) is 0 Å². The van der Waals surface area contributed by atoms with Crippen molar-refractivity contribution in [3.8, 4) is 0 Å². The standard InChI is InChI=1S/C13H13Cl2F3N2/c1-8(14)12-19-10-7-9(15)3-4-11(10)20(12)6-2-5-13(16,17)18/h3-4,7-8H,2,5-6H2,1H3. The van der Waals surface area contributed by atoms with Gasteiger partial charge in [-0.25, -0.2) is 4.98 Å². The lowest BCUT2D eigenvalue weighted by molar-refractivity contribution is -0.135. The van der Waals surface area contributed by atoms with E-state index in [9.17, 15) is 13.2 Å². The van der Waals surface area contributed by atoms with Gasteiger partial charge in [-0.15, -0.1) is 11.6 Å². The van der Waals surface area contributed by atoms with E-state index in [1.54, 1.807) is 29.7 Å². The highest BCUT2D eigenvalue weighted by Crippen LogP contribution is 2.28. The van der Waals surface area contributed by atoms with Crippen LogP contribution in [-0.4, -0.2) is 15.7 Å². The van der Waals surface area contributed by atoms with Gasteiger partial charge < -0.3 is 4.57 Å². The molecule has 2 aromatic rings. The highest BCUT2D eigenvalue weighted by Gasteiger charge is 2.26. The molecular weight excluding hydrogens is 312 g/mol. The van der Waals surface area contributed by atoms with Gasteiger partial charge in [0.15, 0.2) is 0 Å². The van der Waals surface area contributed by atoms with E-state index in [1.807, 2.05) is 0 Å². The van der Waals surface area contributed by atoms with Crippen LogP contribution >= 0.6 is 23.2 Å². The predicted molar refractivity (Wildman–Crippen MR) is 74.3 cm³/mol. The molecule has 0 amide bonds. The number of nitrogens with zero attached hydrogens (tertiary/aromatic N) is 2. The fraction of sp³-hybridized carbons (Fsp3) is 0.462. The first-order chi connectivity index (χ1) is 9.28. The molecule has 20 heavy (non-hydrogen) atoms. The van der Waals surface area contributed by atoms with Gasteiger partial charge in [-0.2, -0.15) is 13.2 Å². The fourth-order valence-corrected chi connectivity index (χ4v) is 2.43. The van der Waals surface area contributed by atoms with Crippen LogP contribution in [-0.2, 0) is 6.54 Å². The monoisotopic (exact) mass is 324 g/mol. The molecule has 1 aromatic heterocycles. The molecule has 0 spiro atoms. The Morgan fingerprint density at radius 2 is 2.05 bits per heavy atom. The van der Waals surface area contributed by atoms with Crippen LogP contribution in [0.2, 0.25) is 5.02 Å². The van der Waals surface area contributed by atoms with E-state index in [0.29, 0.717) is 16.4 Å². The molecule has 2 rings (SSSR count). The van der Waals surface area contributed by atoms with Crippen LogP contribution in [0.1, 0.15) is 31.0 Å². The SMILES string of the molecule is CC(Cl)c1nc2cc(Cl)ccc2n1CCCC(F)(F)F. The first kappa shape index (κ1) is 15.4. The summed E-state index contributed by atoms with van der Waals surface area (Å²) in [7, 11) is 0. The number of halogens is 5. The molecule has 7 heteroatoms. The number of rotatable bonds is 4. The third-order valence-electron chi connectivity index (χ3n) is 2.94. The molecule has 0 saturated heterocycles. The van der Waals surface area contributed by atoms with E-state index >= 15 is 0 Å². The Morgan fingerprint density at radius 3 is 2.65 bits per heavy atom. The van der Waals surface area contributed by atoms with Crippen LogP contribution < -0.4 is 0 Å². The number of aryl methyl sites for hydroxylation is 1. The number of aromatic nitrogens is 2. The smallest absolute Gasteiger partial charge is 0.327 e. The number of benzene rings is 1. The summed E-state index contributed by atoms with van der Waals surface area (Å²) in [5.74, 6) is 0.561. The Morgan fingerprint density at radius 1 is 1.35 bits per heavy atom. The van der Waals surface area contributed by atoms with Gasteiger partial charge in [-0.05, 0) is 31.5 Å². The summed E-state index contributed by atoms with van der Waals surface area (Å²) >= 11 is 11.9. The second-order valence-corrected chi connectivity index (χ2v) is 5.68. The molecule has 110 valence electrons. The quantitative estimate of drug-likeness (QED) is 0.695. The maximum atomic E-state index is 12.2. The first-order valence-electron chi connectivity index (χ1n) is 6.14. The number of fused-ring (bicyclic) bond motifs is 1. The third kappa shape index (κ3) is 3.58. The van der Waals surface area contributed by atoms with Crippen molar-refractivity contribution in [1.29, 1.82) is 0 Å². The summed E-state index contributed by atoms with van der Waals surface area (Å²) in [5.41, 5.74) is 1.39. The summed E-state index contributed by atoms with van der Waals surface area (Å²) in [6.45, 7) is 1.97. The first-order valence-corrected chi connectivity index (χ1v) is 6.96. The molecule has 0 saturated carbocycles. The topological polar surface area (TPSA) is 17.8 Å². The van der Waals surface area contributed by atoms with E-state index in [-0.39, 0.29) is 18.3 Å². The largest absolute Gasteiger partial charge is 0.389 e.